The molecule has 0 aromatic heterocycles. The number of nitrogens with zero attached hydrogens (tertiary/aromatic N) is 2. The summed E-state index contributed by atoms with van der Waals surface area (Å²) in [7, 11) is 4.29. The summed E-state index contributed by atoms with van der Waals surface area (Å²) in [5.74, 6) is 0.158. The van der Waals surface area contributed by atoms with Crippen molar-refractivity contribution in [3.63, 3.8) is 0 Å². The molecule has 1 atom stereocenters. The first kappa shape index (κ1) is 13.7. The Labute approximate surface area is 114 Å². The van der Waals surface area contributed by atoms with E-state index in [-0.39, 0.29) is 5.75 Å². The Bertz CT molecular complexity index is 409. The van der Waals surface area contributed by atoms with Crippen LogP contribution in [-0.2, 0) is 6.54 Å². The summed E-state index contributed by atoms with van der Waals surface area (Å²) >= 11 is 5.93. The molecule has 0 bridgehead atoms. The lowest BCUT2D eigenvalue weighted by atomic mass is 10.0. The summed E-state index contributed by atoms with van der Waals surface area (Å²) in [4.78, 5) is 4.76. The second kappa shape index (κ2) is 5.91. The number of likely N-dealkylation sites (N-methyl/N-ethyl adjacent to an activating group) is 1. The minimum atomic E-state index is 0.158. The van der Waals surface area contributed by atoms with Crippen LogP contribution in [0.3, 0.4) is 0 Å². The normalized spacial score (nSPS) is 21.4. The predicted octanol–water partition coefficient (Wildman–Crippen LogP) is 2.57. The van der Waals surface area contributed by atoms with Gasteiger partial charge in [0, 0.05) is 19.1 Å². The average molecular weight is 269 g/mol. The van der Waals surface area contributed by atoms with Gasteiger partial charge in [-0.15, -0.1) is 0 Å². The highest BCUT2D eigenvalue weighted by Gasteiger charge is 2.21. The van der Waals surface area contributed by atoms with E-state index < -0.39 is 0 Å². The predicted molar refractivity (Wildman–Crippen MR) is 75.1 cm³/mol. The molecule has 0 saturated carbocycles. The number of halogens is 1. The van der Waals surface area contributed by atoms with Crippen molar-refractivity contribution in [1.82, 2.24) is 9.80 Å². The average Bonchev–Trinajstić information content (AvgIpc) is 2.34. The van der Waals surface area contributed by atoms with Gasteiger partial charge in [0.2, 0.25) is 0 Å². The Morgan fingerprint density at radius 1 is 1.44 bits per heavy atom. The molecule has 4 heteroatoms. The number of rotatable bonds is 3. The van der Waals surface area contributed by atoms with Gasteiger partial charge in [-0.05, 0) is 51.2 Å². The first-order valence-corrected chi connectivity index (χ1v) is 6.80. The van der Waals surface area contributed by atoms with Gasteiger partial charge < -0.3 is 10.0 Å². The molecule has 0 radical (unpaired) electrons. The second-order valence-corrected chi connectivity index (χ2v) is 5.69. The summed E-state index contributed by atoms with van der Waals surface area (Å²) < 4.78 is 0. The van der Waals surface area contributed by atoms with Crippen LogP contribution in [0.1, 0.15) is 18.4 Å². The van der Waals surface area contributed by atoms with Crippen molar-refractivity contribution in [1.29, 1.82) is 0 Å². The van der Waals surface area contributed by atoms with E-state index in [2.05, 4.69) is 23.9 Å². The lowest BCUT2D eigenvalue weighted by Gasteiger charge is -2.36. The van der Waals surface area contributed by atoms with Gasteiger partial charge in [0.15, 0.2) is 0 Å². The Kier molecular flexibility index (Phi) is 4.49. The van der Waals surface area contributed by atoms with Crippen molar-refractivity contribution in [2.75, 3.05) is 27.2 Å². The van der Waals surface area contributed by atoms with Crippen molar-refractivity contribution >= 4 is 11.6 Å². The van der Waals surface area contributed by atoms with E-state index in [1.165, 1.54) is 12.8 Å². The van der Waals surface area contributed by atoms with Gasteiger partial charge in [0.1, 0.15) is 5.75 Å². The molecule has 1 saturated heterocycles. The zero-order valence-electron chi connectivity index (χ0n) is 11.1. The van der Waals surface area contributed by atoms with Crippen LogP contribution in [0.25, 0.3) is 0 Å². The van der Waals surface area contributed by atoms with Crippen LogP contribution < -0.4 is 0 Å². The molecule has 3 nitrogen and oxygen atoms in total. The molecule has 100 valence electrons. The van der Waals surface area contributed by atoms with Gasteiger partial charge >= 0.3 is 0 Å². The maximum Gasteiger partial charge on any atom is 0.134 e. The summed E-state index contributed by atoms with van der Waals surface area (Å²) in [5, 5.41) is 9.85. The fourth-order valence-corrected chi connectivity index (χ4v) is 2.71. The lowest BCUT2D eigenvalue weighted by molar-refractivity contribution is 0.128. The van der Waals surface area contributed by atoms with Crippen molar-refractivity contribution in [3.05, 3.63) is 28.8 Å². The quantitative estimate of drug-likeness (QED) is 0.913. The SMILES string of the molecule is CN(C)C1CCCN(Cc2ccc(O)c(Cl)c2)C1. The van der Waals surface area contributed by atoms with E-state index >= 15 is 0 Å². The first-order chi connectivity index (χ1) is 8.56. The minimum absolute atomic E-state index is 0.158. The molecule has 1 aromatic rings. The topological polar surface area (TPSA) is 26.7 Å². The molecule has 0 spiro atoms. The molecule has 1 aliphatic rings. The molecule has 1 N–H and O–H groups in total. The van der Waals surface area contributed by atoms with E-state index in [0.717, 1.165) is 25.2 Å². The molecule has 1 aromatic carbocycles. The van der Waals surface area contributed by atoms with Gasteiger partial charge in [0.05, 0.1) is 5.02 Å². The standard InChI is InChI=1S/C14H21ClN2O/c1-16(2)12-4-3-7-17(10-12)9-11-5-6-14(18)13(15)8-11/h5-6,8,12,18H,3-4,7,9-10H2,1-2H3. The summed E-state index contributed by atoms with van der Waals surface area (Å²) in [6.45, 7) is 3.15. The molecule has 0 aliphatic carbocycles. The molecule has 18 heavy (non-hydrogen) atoms. The summed E-state index contributed by atoms with van der Waals surface area (Å²) in [6.07, 6.45) is 2.52. The van der Waals surface area contributed by atoms with Crippen LogP contribution in [-0.4, -0.2) is 48.1 Å². The summed E-state index contributed by atoms with van der Waals surface area (Å²) in [6, 6.07) is 6.12. The van der Waals surface area contributed by atoms with Gasteiger partial charge in [-0.3, -0.25) is 4.90 Å². The monoisotopic (exact) mass is 268 g/mol. The van der Waals surface area contributed by atoms with Crippen LogP contribution >= 0.6 is 11.6 Å². The molecule has 1 unspecified atom stereocenters. The summed E-state index contributed by atoms with van der Waals surface area (Å²) in [5.41, 5.74) is 1.16. The van der Waals surface area contributed by atoms with Gasteiger partial charge in [-0.25, -0.2) is 0 Å². The van der Waals surface area contributed by atoms with Crippen LogP contribution in [0.15, 0.2) is 18.2 Å². The van der Waals surface area contributed by atoms with Crippen LogP contribution in [0.2, 0.25) is 5.02 Å². The largest absolute Gasteiger partial charge is 0.506 e. The number of benzene rings is 1. The Morgan fingerprint density at radius 3 is 2.89 bits per heavy atom. The Morgan fingerprint density at radius 2 is 2.22 bits per heavy atom. The smallest absolute Gasteiger partial charge is 0.134 e. The first-order valence-electron chi connectivity index (χ1n) is 6.42. The number of phenols is 1. The molecule has 1 fully saturated rings. The molecule has 1 heterocycles. The fourth-order valence-electron chi connectivity index (χ4n) is 2.50. The number of aromatic hydroxyl groups is 1. The molecular formula is C14H21ClN2O. The van der Waals surface area contributed by atoms with Gasteiger partial charge in [-0.1, -0.05) is 17.7 Å². The van der Waals surface area contributed by atoms with Gasteiger partial charge in [-0.2, -0.15) is 0 Å². The Balaban J connectivity index is 1.98. The third-order valence-corrected chi connectivity index (χ3v) is 3.93. The fraction of sp³-hybridized carbons (Fsp3) is 0.571. The van der Waals surface area contributed by atoms with Crippen molar-refractivity contribution in [2.24, 2.45) is 0 Å². The molecule has 0 amide bonds. The second-order valence-electron chi connectivity index (χ2n) is 5.28. The Hall–Kier alpha value is -0.770. The van der Waals surface area contributed by atoms with Gasteiger partial charge in [0.25, 0.3) is 0 Å². The molecule has 2 rings (SSSR count). The molecular weight excluding hydrogens is 248 g/mol. The third-order valence-electron chi connectivity index (χ3n) is 3.63. The zero-order valence-corrected chi connectivity index (χ0v) is 11.8. The minimum Gasteiger partial charge on any atom is -0.506 e. The van der Waals surface area contributed by atoms with Crippen LogP contribution in [0, 0.1) is 0 Å². The maximum atomic E-state index is 9.41. The van der Waals surface area contributed by atoms with E-state index in [9.17, 15) is 5.11 Å². The highest BCUT2D eigenvalue weighted by molar-refractivity contribution is 6.32. The zero-order chi connectivity index (χ0) is 13.1. The van der Waals surface area contributed by atoms with Crippen molar-refractivity contribution < 1.29 is 5.11 Å². The van der Waals surface area contributed by atoms with E-state index in [1.54, 1.807) is 6.07 Å². The number of hydrogen-bond donors (Lipinski definition) is 1. The highest BCUT2D eigenvalue weighted by Crippen LogP contribution is 2.25. The number of phenolic OH excluding ortho intramolecular Hbond substituents is 1. The van der Waals surface area contributed by atoms with E-state index in [4.69, 9.17) is 11.6 Å². The lowest BCUT2D eigenvalue weighted by Crippen LogP contribution is -2.44. The number of hydrogen-bond acceptors (Lipinski definition) is 3. The number of likely N-dealkylation sites (tertiary alicyclic amines) is 1. The molecule has 1 aliphatic heterocycles. The maximum absolute atomic E-state index is 9.41. The van der Waals surface area contributed by atoms with Crippen LogP contribution in [0.4, 0.5) is 0 Å². The van der Waals surface area contributed by atoms with E-state index in [1.807, 2.05) is 12.1 Å². The van der Waals surface area contributed by atoms with Crippen molar-refractivity contribution in [2.45, 2.75) is 25.4 Å². The number of piperidine rings is 1. The van der Waals surface area contributed by atoms with E-state index in [0.29, 0.717) is 11.1 Å². The van der Waals surface area contributed by atoms with Crippen molar-refractivity contribution in [3.8, 4) is 5.75 Å². The third kappa shape index (κ3) is 3.37. The van der Waals surface area contributed by atoms with Crippen LogP contribution in [0.5, 0.6) is 5.75 Å². The highest BCUT2D eigenvalue weighted by atomic mass is 35.5.